The zero-order valence-corrected chi connectivity index (χ0v) is 18.1. The number of carbonyl (C=O) groups excluding carboxylic acids is 2. The second-order valence-corrected chi connectivity index (χ2v) is 8.62. The van der Waals surface area contributed by atoms with E-state index in [2.05, 4.69) is 5.32 Å². The first-order valence-electron chi connectivity index (χ1n) is 10.7. The Kier molecular flexibility index (Phi) is 6.91. The van der Waals surface area contributed by atoms with E-state index >= 15 is 0 Å². The van der Waals surface area contributed by atoms with Crippen LogP contribution in [0.25, 0.3) is 11.1 Å². The molecule has 4 nitrogen and oxygen atoms in total. The van der Waals surface area contributed by atoms with Gasteiger partial charge in [0.15, 0.2) is 0 Å². The summed E-state index contributed by atoms with van der Waals surface area (Å²) in [5.41, 5.74) is 1.55. The fourth-order valence-electron chi connectivity index (χ4n) is 4.30. The van der Waals surface area contributed by atoms with Crippen LogP contribution in [-0.2, 0) is 16.0 Å². The van der Waals surface area contributed by atoms with E-state index in [1.54, 1.807) is 12.1 Å². The van der Waals surface area contributed by atoms with Gasteiger partial charge in [0.1, 0.15) is 5.82 Å². The molecule has 0 spiro atoms. The van der Waals surface area contributed by atoms with Gasteiger partial charge in [-0.25, -0.2) is 4.39 Å². The van der Waals surface area contributed by atoms with Crippen molar-refractivity contribution in [1.29, 1.82) is 0 Å². The second-order valence-electron chi connectivity index (χ2n) is 8.62. The van der Waals surface area contributed by atoms with Crippen molar-refractivity contribution < 1.29 is 14.0 Å². The lowest BCUT2D eigenvalue weighted by atomic mass is 9.78. The molecule has 0 saturated carbocycles. The molecule has 1 atom stereocenters. The maximum atomic E-state index is 14.5. The van der Waals surface area contributed by atoms with Crippen LogP contribution in [0.4, 0.5) is 4.39 Å². The standard InChI is InChI=1S/C25H31FN2O2/c1-4-27-24(30)25(13-14-28(17-25)23(29)15-18(2)3)16-19-9-5-6-10-20(19)21-11-7-8-12-22(21)26/h5-12,18H,4,13-17H2,1-3H3,(H,27,30)/t25-/m0/s1. The average molecular weight is 411 g/mol. The second kappa shape index (κ2) is 9.41. The molecule has 3 rings (SSSR count). The predicted octanol–water partition coefficient (Wildman–Crippen LogP) is 4.44. The summed E-state index contributed by atoms with van der Waals surface area (Å²) in [4.78, 5) is 27.6. The van der Waals surface area contributed by atoms with Gasteiger partial charge in [0.25, 0.3) is 0 Å². The minimum Gasteiger partial charge on any atom is -0.356 e. The molecular weight excluding hydrogens is 379 g/mol. The summed E-state index contributed by atoms with van der Waals surface area (Å²) in [5, 5.41) is 2.97. The van der Waals surface area contributed by atoms with Gasteiger partial charge in [-0.3, -0.25) is 9.59 Å². The number of benzene rings is 2. The topological polar surface area (TPSA) is 49.4 Å². The number of nitrogens with zero attached hydrogens (tertiary/aromatic N) is 1. The van der Waals surface area contributed by atoms with Crippen LogP contribution in [0.5, 0.6) is 0 Å². The van der Waals surface area contributed by atoms with E-state index in [0.717, 1.165) is 11.1 Å². The van der Waals surface area contributed by atoms with Crippen LogP contribution < -0.4 is 5.32 Å². The molecule has 0 aromatic heterocycles. The number of hydrogen-bond acceptors (Lipinski definition) is 2. The first-order valence-corrected chi connectivity index (χ1v) is 10.7. The Morgan fingerprint density at radius 3 is 2.43 bits per heavy atom. The zero-order chi connectivity index (χ0) is 21.7. The normalized spacial score (nSPS) is 18.6. The summed E-state index contributed by atoms with van der Waals surface area (Å²) in [6.07, 6.45) is 1.56. The predicted molar refractivity (Wildman–Crippen MR) is 117 cm³/mol. The van der Waals surface area contributed by atoms with Crippen LogP contribution in [0.3, 0.4) is 0 Å². The highest BCUT2D eigenvalue weighted by Gasteiger charge is 2.46. The molecular formula is C25H31FN2O2. The van der Waals surface area contributed by atoms with Crippen molar-refractivity contribution in [2.24, 2.45) is 11.3 Å². The number of hydrogen-bond donors (Lipinski definition) is 1. The van der Waals surface area contributed by atoms with Crippen molar-refractivity contribution >= 4 is 11.8 Å². The van der Waals surface area contributed by atoms with Crippen LogP contribution in [0.15, 0.2) is 48.5 Å². The highest BCUT2D eigenvalue weighted by Crippen LogP contribution is 2.38. The molecule has 160 valence electrons. The van der Waals surface area contributed by atoms with E-state index in [0.29, 0.717) is 44.5 Å². The summed E-state index contributed by atoms with van der Waals surface area (Å²) in [6, 6.07) is 14.4. The maximum absolute atomic E-state index is 14.5. The number of nitrogens with one attached hydrogen (secondary N) is 1. The third-order valence-electron chi connectivity index (χ3n) is 5.82. The van der Waals surface area contributed by atoms with E-state index in [1.807, 2.05) is 56.0 Å². The Morgan fingerprint density at radius 2 is 1.77 bits per heavy atom. The van der Waals surface area contributed by atoms with Crippen molar-refractivity contribution in [3.05, 3.63) is 59.9 Å². The quantitative estimate of drug-likeness (QED) is 0.734. The minimum absolute atomic E-state index is 0.0341. The molecule has 1 aliphatic heterocycles. The summed E-state index contributed by atoms with van der Waals surface area (Å²) in [6.45, 7) is 7.46. The summed E-state index contributed by atoms with van der Waals surface area (Å²) in [5.74, 6) is 0.0580. The van der Waals surface area contributed by atoms with Gasteiger partial charge in [0.2, 0.25) is 11.8 Å². The van der Waals surface area contributed by atoms with Crippen LogP contribution in [0, 0.1) is 17.2 Å². The van der Waals surface area contributed by atoms with Gasteiger partial charge < -0.3 is 10.2 Å². The third-order valence-corrected chi connectivity index (χ3v) is 5.82. The first kappa shape index (κ1) is 22.0. The van der Waals surface area contributed by atoms with Gasteiger partial charge in [-0.15, -0.1) is 0 Å². The fraction of sp³-hybridized carbons (Fsp3) is 0.440. The molecule has 2 amide bonds. The van der Waals surface area contributed by atoms with Gasteiger partial charge >= 0.3 is 0 Å². The average Bonchev–Trinajstić information content (AvgIpc) is 3.14. The Morgan fingerprint density at radius 1 is 1.10 bits per heavy atom. The Bertz CT molecular complexity index is 912. The maximum Gasteiger partial charge on any atom is 0.228 e. The van der Waals surface area contributed by atoms with Crippen LogP contribution in [0.1, 0.15) is 39.2 Å². The van der Waals surface area contributed by atoms with E-state index < -0.39 is 5.41 Å². The van der Waals surface area contributed by atoms with Gasteiger partial charge in [-0.1, -0.05) is 56.3 Å². The lowest BCUT2D eigenvalue weighted by molar-refractivity contribution is -0.133. The molecule has 0 unspecified atom stereocenters. The number of halogens is 1. The SMILES string of the molecule is CCNC(=O)[C@]1(Cc2ccccc2-c2ccccc2F)CCN(C(=O)CC(C)C)C1. The Balaban J connectivity index is 1.94. The minimum atomic E-state index is -0.704. The Labute approximate surface area is 178 Å². The van der Waals surface area contributed by atoms with E-state index in [-0.39, 0.29) is 23.5 Å². The first-order chi connectivity index (χ1) is 14.4. The monoisotopic (exact) mass is 410 g/mol. The molecule has 1 N–H and O–H groups in total. The number of likely N-dealkylation sites (tertiary alicyclic amines) is 1. The van der Waals surface area contributed by atoms with Crippen molar-refractivity contribution in [2.75, 3.05) is 19.6 Å². The third kappa shape index (κ3) is 4.72. The zero-order valence-electron chi connectivity index (χ0n) is 18.1. The molecule has 2 aromatic carbocycles. The molecule has 5 heteroatoms. The fourth-order valence-corrected chi connectivity index (χ4v) is 4.30. The van der Waals surface area contributed by atoms with Crippen molar-refractivity contribution in [3.8, 4) is 11.1 Å². The molecule has 1 heterocycles. The van der Waals surface area contributed by atoms with Crippen LogP contribution in [0.2, 0.25) is 0 Å². The smallest absolute Gasteiger partial charge is 0.228 e. The molecule has 2 aromatic rings. The van der Waals surface area contributed by atoms with Gasteiger partial charge in [0.05, 0.1) is 5.41 Å². The molecule has 0 radical (unpaired) electrons. The lowest BCUT2D eigenvalue weighted by Gasteiger charge is -2.29. The molecule has 0 bridgehead atoms. The number of carbonyl (C=O) groups is 2. The lowest BCUT2D eigenvalue weighted by Crippen LogP contribution is -2.45. The van der Waals surface area contributed by atoms with E-state index in [9.17, 15) is 14.0 Å². The van der Waals surface area contributed by atoms with Crippen molar-refractivity contribution in [2.45, 2.75) is 40.0 Å². The number of rotatable bonds is 7. The molecule has 1 aliphatic rings. The molecule has 1 fully saturated rings. The van der Waals surface area contributed by atoms with Crippen LogP contribution in [-0.4, -0.2) is 36.3 Å². The summed E-state index contributed by atoms with van der Waals surface area (Å²) in [7, 11) is 0. The van der Waals surface area contributed by atoms with Gasteiger partial charge in [-0.05, 0) is 42.9 Å². The van der Waals surface area contributed by atoms with E-state index in [1.165, 1.54) is 6.07 Å². The summed E-state index contributed by atoms with van der Waals surface area (Å²) >= 11 is 0. The van der Waals surface area contributed by atoms with Crippen molar-refractivity contribution in [3.63, 3.8) is 0 Å². The van der Waals surface area contributed by atoms with Crippen molar-refractivity contribution in [1.82, 2.24) is 10.2 Å². The Hall–Kier alpha value is -2.69. The largest absolute Gasteiger partial charge is 0.356 e. The highest BCUT2D eigenvalue weighted by molar-refractivity contribution is 5.86. The van der Waals surface area contributed by atoms with E-state index in [4.69, 9.17) is 0 Å². The summed E-state index contributed by atoms with van der Waals surface area (Å²) < 4.78 is 14.5. The van der Waals surface area contributed by atoms with Gasteiger partial charge in [0, 0.05) is 31.6 Å². The van der Waals surface area contributed by atoms with Gasteiger partial charge in [-0.2, -0.15) is 0 Å². The molecule has 1 saturated heterocycles. The highest BCUT2D eigenvalue weighted by atomic mass is 19.1. The molecule has 30 heavy (non-hydrogen) atoms. The van der Waals surface area contributed by atoms with Crippen LogP contribution >= 0.6 is 0 Å². The number of amides is 2. The molecule has 0 aliphatic carbocycles.